The van der Waals surface area contributed by atoms with Crippen molar-refractivity contribution in [2.75, 3.05) is 18.0 Å². The summed E-state index contributed by atoms with van der Waals surface area (Å²) in [6, 6.07) is 2.00. The van der Waals surface area contributed by atoms with Gasteiger partial charge in [-0.1, -0.05) is 6.92 Å². The molecule has 0 aliphatic carbocycles. The molecule has 0 aromatic carbocycles. The summed E-state index contributed by atoms with van der Waals surface area (Å²) in [4.78, 5) is 6.72. The maximum Gasteiger partial charge on any atom is 0.143 e. The van der Waals surface area contributed by atoms with E-state index < -0.39 is 0 Å². The Balaban J connectivity index is 2.15. The molecule has 3 N–H and O–H groups in total. The first kappa shape index (κ1) is 13.3. The molecular formula is C13H19BrN4. The molecule has 1 saturated heterocycles. The molecular weight excluding hydrogens is 292 g/mol. The average molecular weight is 311 g/mol. The standard InChI is InChI=1S/C13H19BrN4/c1-9-3-6-17-11(10(9)14)18-7-4-13(2,5-8-18)12(15)16/h3,6H,4-5,7-8H2,1-2H3,(H3,15,16). The lowest BCUT2D eigenvalue weighted by Crippen LogP contribution is -2.45. The van der Waals surface area contributed by atoms with Gasteiger partial charge < -0.3 is 10.6 Å². The number of nitrogens with zero attached hydrogens (tertiary/aromatic N) is 2. The van der Waals surface area contributed by atoms with Gasteiger partial charge in [-0.15, -0.1) is 0 Å². The molecule has 0 bridgehead atoms. The van der Waals surface area contributed by atoms with Crippen LogP contribution in [0.2, 0.25) is 0 Å². The van der Waals surface area contributed by atoms with E-state index in [-0.39, 0.29) is 5.41 Å². The number of nitrogens with two attached hydrogens (primary N) is 1. The first-order valence-electron chi connectivity index (χ1n) is 6.14. The summed E-state index contributed by atoms with van der Waals surface area (Å²) in [6.07, 6.45) is 3.66. The summed E-state index contributed by atoms with van der Waals surface area (Å²) in [5.41, 5.74) is 6.73. The maximum atomic E-state index is 7.67. The van der Waals surface area contributed by atoms with Crippen molar-refractivity contribution in [3.8, 4) is 0 Å². The van der Waals surface area contributed by atoms with Gasteiger partial charge in [0.1, 0.15) is 5.82 Å². The van der Waals surface area contributed by atoms with Gasteiger partial charge >= 0.3 is 0 Å². The van der Waals surface area contributed by atoms with Crippen LogP contribution < -0.4 is 10.6 Å². The van der Waals surface area contributed by atoms with Gasteiger partial charge in [-0.25, -0.2) is 4.98 Å². The Labute approximate surface area is 116 Å². The fourth-order valence-electron chi connectivity index (χ4n) is 2.23. The smallest absolute Gasteiger partial charge is 0.143 e. The van der Waals surface area contributed by atoms with Gasteiger partial charge in [0.25, 0.3) is 0 Å². The fraction of sp³-hybridized carbons (Fsp3) is 0.538. The van der Waals surface area contributed by atoms with Crippen LogP contribution in [0.15, 0.2) is 16.7 Å². The van der Waals surface area contributed by atoms with Crippen LogP contribution in [0, 0.1) is 17.7 Å². The van der Waals surface area contributed by atoms with Crippen molar-refractivity contribution < 1.29 is 0 Å². The predicted molar refractivity (Wildman–Crippen MR) is 78.1 cm³/mol. The molecule has 1 aromatic heterocycles. The highest BCUT2D eigenvalue weighted by Crippen LogP contribution is 2.35. The molecule has 1 aromatic rings. The lowest BCUT2D eigenvalue weighted by Gasteiger charge is -2.39. The molecule has 5 heteroatoms. The molecule has 18 heavy (non-hydrogen) atoms. The molecule has 4 nitrogen and oxygen atoms in total. The van der Waals surface area contributed by atoms with Gasteiger partial charge in [-0.3, -0.25) is 5.41 Å². The minimum absolute atomic E-state index is 0.146. The molecule has 0 saturated carbocycles. The third kappa shape index (κ3) is 2.36. The van der Waals surface area contributed by atoms with Crippen LogP contribution in [0.4, 0.5) is 5.82 Å². The number of hydrogen-bond donors (Lipinski definition) is 2. The first-order valence-corrected chi connectivity index (χ1v) is 6.94. The summed E-state index contributed by atoms with van der Waals surface area (Å²) < 4.78 is 1.07. The Bertz CT molecular complexity index is 464. The molecule has 0 amide bonds. The number of rotatable bonds is 2. The lowest BCUT2D eigenvalue weighted by molar-refractivity contribution is 0.350. The monoisotopic (exact) mass is 310 g/mol. The van der Waals surface area contributed by atoms with Crippen LogP contribution in [-0.4, -0.2) is 23.9 Å². The van der Waals surface area contributed by atoms with Crippen LogP contribution in [0.3, 0.4) is 0 Å². The van der Waals surface area contributed by atoms with Crippen LogP contribution >= 0.6 is 15.9 Å². The number of amidine groups is 1. The molecule has 0 radical (unpaired) electrons. The minimum Gasteiger partial charge on any atom is -0.387 e. The van der Waals surface area contributed by atoms with Gasteiger partial charge in [0.15, 0.2) is 0 Å². The van der Waals surface area contributed by atoms with E-state index in [2.05, 4.69) is 39.7 Å². The zero-order valence-electron chi connectivity index (χ0n) is 10.8. The summed E-state index contributed by atoms with van der Waals surface area (Å²) >= 11 is 3.60. The Hall–Kier alpha value is -1.10. The van der Waals surface area contributed by atoms with Crippen molar-refractivity contribution in [3.63, 3.8) is 0 Å². The Morgan fingerprint density at radius 2 is 2.11 bits per heavy atom. The zero-order chi connectivity index (χ0) is 13.3. The topological polar surface area (TPSA) is 66.0 Å². The summed E-state index contributed by atoms with van der Waals surface area (Å²) in [6.45, 7) is 5.93. The molecule has 1 aliphatic heterocycles. The number of aromatic nitrogens is 1. The number of anilines is 1. The van der Waals surface area contributed by atoms with Crippen LogP contribution in [0.1, 0.15) is 25.3 Å². The second kappa shape index (κ2) is 4.88. The Morgan fingerprint density at radius 3 is 2.67 bits per heavy atom. The van der Waals surface area contributed by atoms with Gasteiger partial charge in [0.2, 0.25) is 0 Å². The van der Waals surface area contributed by atoms with Crippen molar-refractivity contribution in [1.82, 2.24) is 4.98 Å². The summed E-state index contributed by atoms with van der Waals surface area (Å²) in [5.74, 6) is 1.30. The molecule has 0 spiro atoms. The van der Waals surface area contributed by atoms with E-state index in [9.17, 15) is 0 Å². The summed E-state index contributed by atoms with van der Waals surface area (Å²) in [5, 5.41) is 7.67. The van der Waals surface area contributed by atoms with Crippen LogP contribution in [0.5, 0.6) is 0 Å². The predicted octanol–water partition coefficient (Wildman–Crippen LogP) is 2.69. The number of hydrogen-bond acceptors (Lipinski definition) is 3. The number of nitrogens with one attached hydrogen (secondary N) is 1. The number of halogens is 1. The van der Waals surface area contributed by atoms with E-state index in [1.807, 2.05) is 12.3 Å². The molecule has 1 aliphatic rings. The second-order valence-corrected chi connectivity index (χ2v) is 6.02. The number of piperidine rings is 1. The largest absolute Gasteiger partial charge is 0.387 e. The third-order valence-electron chi connectivity index (χ3n) is 3.88. The van der Waals surface area contributed by atoms with Gasteiger partial charge in [0, 0.05) is 24.7 Å². The van der Waals surface area contributed by atoms with Gasteiger partial charge in [-0.05, 0) is 47.3 Å². The zero-order valence-corrected chi connectivity index (χ0v) is 12.4. The highest BCUT2D eigenvalue weighted by Gasteiger charge is 2.33. The highest BCUT2D eigenvalue weighted by atomic mass is 79.9. The number of aryl methyl sites for hydroxylation is 1. The van der Waals surface area contributed by atoms with E-state index in [0.717, 1.165) is 36.2 Å². The van der Waals surface area contributed by atoms with Gasteiger partial charge in [0.05, 0.1) is 10.3 Å². The lowest BCUT2D eigenvalue weighted by atomic mass is 9.79. The maximum absolute atomic E-state index is 7.67. The fourth-order valence-corrected chi connectivity index (χ4v) is 2.71. The molecule has 1 fully saturated rings. The van der Waals surface area contributed by atoms with E-state index in [4.69, 9.17) is 11.1 Å². The average Bonchev–Trinajstić information content (AvgIpc) is 2.34. The molecule has 2 heterocycles. The van der Waals surface area contributed by atoms with Crippen molar-refractivity contribution in [2.45, 2.75) is 26.7 Å². The first-order chi connectivity index (χ1) is 8.44. The normalized spacial score (nSPS) is 18.7. The quantitative estimate of drug-likeness (QED) is 0.652. The Morgan fingerprint density at radius 1 is 1.50 bits per heavy atom. The molecule has 0 atom stereocenters. The van der Waals surface area contributed by atoms with Crippen molar-refractivity contribution in [3.05, 3.63) is 22.3 Å². The summed E-state index contributed by atoms with van der Waals surface area (Å²) in [7, 11) is 0. The highest BCUT2D eigenvalue weighted by molar-refractivity contribution is 9.10. The van der Waals surface area contributed by atoms with Crippen molar-refractivity contribution in [2.24, 2.45) is 11.1 Å². The van der Waals surface area contributed by atoms with Crippen LogP contribution in [0.25, 0.3) is 0 Å². The van der Waals surface area contributed by atoms with E-state index in [0.29, 0.717) is 5.84 Å². The van der Waals surface area contributed by atoms with Crippen molar-refractivity contribution >= 4 is 27.6 Å². The van der Waals surface area contributed by atoms with Crippen molar-refractivity contribution in [1.29, 1.82) is 5.41 Å². The number of pyridine rings is 1. The Kier molecular flexibility index (Phi) is 3.61. The molecule has 0 unspecified atom stereocenters. The third-order valence-corrected chi connectivity index (χ3v) is 4.86. The molecule has 98 valence electrons. The SMILES string of the molecule is Cc1ccnc(N2CCC(C)(C(=N)N)CC2)c1Br. The van der Waals surface area contributed by atoms with Crippen LogP contribution in [-0.2, 0) is 0 Å². The van der Waals surface area contributed by atoms with E-state index in [1.165, 1.54) is 5.56 Å². The minimum atomic E-state index is -0.146. The van der Waals surface area contributed by atoms with E-state index in [1.54, 1.807) is 0 Å². The van der Waals surface area contributed by atoms with E-state index >= 15 is 0 Å². The van der Waals surface area contributed by atoms with Gasteiger partial charge in [-0.2, -0.15) is 0 Å². The molecule has 2 rings (SSSR count). The second-order valence-electron chi connectivity index (χ2n) is 5.23.